The summed E-state index contributed by atoms with van der Waals surface area (Å²) in [5, 5.41) is 13.3. The van der Waals surface area contributed by atoms with E-state index in [1.165, 1.54) is 25.7 Å². The first-order valence-electron chi connectivity index (χ1n) is 6.56. The van der Waals surface area contributed by atoms with Gasteiger partial charge in [0.15, 0.2) is 0 Å². The zero-order valence-electron chi connectivity index (χ0n) is 10.5. The van der Waals surface area contributed by atoms with Crippen molar-refractivity contribution < 1.29 is 5.11 Å². The Labute approximate surface area is 94.5 Å². The number of hydrogen-bond acceptors (Lipinski definition) is 2. The van der Waals surface area contributed by atoms with Crippen molar-refractivity contribution in [1.82, 2.24) is 5.32 Å². The van der Waals surface area contributed by atoms with Gasteiger partial charge < -0.3 is 10.4 Å². The fourth-order valence-electron chi connectivity index (χ4n) is 2.54. The van der Waals surface area contributed by atoms with Gasteiger partial charge in [-0.1, -0.05) is 33.6 Å². The van der Waals surface area contributed by atoms with Crippen LogP contribution in [0, 0.1) is 11.8 Å². The predicted molar refractivity (Wildman–Crippen MR) is 64.9 cm³/mol. The van der Waals surface area contributed by atoms with Crippen molar-refractivity contribution in [3.8, 4) is 0 Å². The number of aliphatic hydroxyl groups is 1. The van der Waals surface area contributed by atoms with Crippen LogP contribution in [0.2, 0.25) is 0 Å². The van der Waals surface area contributed by atoms with Gasteiger partial charge in [0, 0.05) is 6.04 Å². The molecule has 0 radical (unpaired) electrons. The Balaban J connectivity index is 2.14. The lowest BCUT2D eigenvalue weighted by Crippen LogP contribution is -2.34. The molecule has 0 aromatic carbocycles. The van der Waals surface area contributed by atoms with Gasteiger partial charge in [0.1, 0.15) is 0 Å². The van der Waals surface area contributed by atoms with Crippen molar-refractivity contribution in [1.29, 1.82) is 0 Å². The van der Waals surface area contributed by atoms with Crippen LogP contribution in [-0.4, -0.2) is 23.8 Å². The third kappa shape index (κ3) is 4.12. The standard InChI is InChI=1S/C13H27NO/c1-4-11-6-5-7-12(11)14-9-8-13(15)10(2)3/h10-15H,4-9H2,1-3H3. The topological polar surface area (TPSA) is 32.3 Å². The largest absolute Gasteiger partial charge is 0.393 e. The van der Waals surface area contributed by atoms with E-state index in [-0.39, 0.29) is 6.10 Å². The molecule has 1 aliphatic rings. The van der Waals surface area contributed by atoms with Gasteiger partial charge in [0.05, 0.1) is 6.10 Å². The van der Waals surface area contributed by atoms with Gasteiger partial charge in [0.2, 0.25) is 0 Å². The second-order valence-electron chi connectivity index (χ2n) is 5.26. The SMILES string of the molecule is CCC1CCCC1NCCC(O)C(C)C. The molecule has 90 valence electrons. The molecule has 1 saturated carbocycles. The molecule has 1 fully saturated rings. The van der Waals surface area contributed by atoms with E-state index in [1.807, 2.05) is 0 Å². The van der Waals surface area contributed by atoms with Gasteiger partial charge in [-0.3, -0.25) is 0 Å². The minimum absolute atomic E-state index is 0.140. The van der Waals surface area contributed by atoms with Crippen LogP contribution >= 0.6 is 0 Å². The summed E-state index contributed by atoms with van der Waals surface area (Å²) in [5.74, 6) is 1.26. The Kier molecular flexibility index (Phi) is 5.62. The molecule has 0 aromatic heterocycles. The molecular weight excluding hydrogens is 186 g/mol. The van der Waals surface area contributed by atoms with Crippen LogP contribution in [0.3, 0.4) is 0 Å². The van der Waals surface area contributed by atoms with Gasteiger partial charge in [-0.15, -0.1) is 0 Å². The van der Waals surface area contributed by atoms with Crippen LogP contribution in [-0.2, 0) is 0 Å². The second kappa shape index (κ2) is 6.49. The summed E-state index contributed by atoms with van der Waals surface area (Å²) in [6.45, 7) is 7.41. The first-order valence-corrected chi connectivity index (χ1v) is 6.56. The molecule has 0 amide bonds. The lowest BCUT2D eigenvalue weighted by molar-refractivity contribution is 0.114. The van der Waals surface area contributed by atoms with Gasteiger partial charge in [0.25, 0.3) is 0 Å². The van der Waals surface area contributed by atoms with Crippen molar-refractivity contribution in [2.45, 2.75) is 65.0 Å². The normalized spacial score (nSPS) is 28.6. The van der Waals surface area contributed by atoms with Crippen molar-refractivity contribution in [2.75, 3.05) is 6.54 Å². The summed E-state index contributed by atoms with van der Waals surface area (Å²) in [6, 6.07) is 0.717. The van der Waals surface area contributed by atoms with Crippen molar-refractivity contribution >= 4 is 0 Å². The van der Waals surface area contributed by atoms with E-state index in [9.17, 15) is 5.11 Å². The average molecular weight is 213 g/mol. The summed E-state index contributed by atoms with van der Waals surface area (Å²) in [4.78, 5) is 0. The third-order valence-electron chi connectivity index (χ3n) is 3.80. The average Bonchev–Trinajstić information content (AvgIpc) is 2.65. The Morgan fingerprint density at radius 1 is 1.33 bits per heavy atom. The van der Waals surface area contributed by atoms with E-state index in [4.69, 9.17) is 0 Å². The van der Waals surface area contributed by atoms with Gasteiger partial charge in [-0.25, -0.2) is 0 Å². The summed E-state index contributed by atoms with van der Waals surface area (Å²) in [5.41, 5.74) is 0. The maximum absolute atomic E-state index is 9.68. The molecule has 2 heteroatoms. The molecule has 2 nitrogen and oxygen atoms in total. The number of nitrogens with one attached hydrogen (secondary N) is 1. The molecule has 0 saturated heterocycles. The smallest absolute Gasteiger partial charge is 0.0575 e. The molecule has 0 aliphatic heterocycles. The zero-order valence-corrected chi connectivity index (χ0v) is 10.5. The van der Waals surface area contributed by atoms with Gasteiger partial charge >= 0.3 is 0 Å². The molecule has 3 unspecified atom stereocenters. The monoisotopic (exact) mass is 213 g/mol. The number of rotatable bonds is 6. The first kappa shape index (κ1) is 13.0. The zero-order chi connectivity index (χ0) is 11.3. The van der Waals surface area contributed by atoms with Crippen molar-refractivity contribution in [3.63, 3.8) is 0 Å². The highest BCUT2D eigenvalue weighted by Crippen LogP contribution is 2.27. The lowest BCUT2D eigenvalue weighted by atomic mass is 10.00. The number of hydrogen-bond donors (Lipinski definition) is 2. The minimum Gasteiger partial charge on any atom is -0.393 e. The van der Waals surface area contributed by atoms with E-state index in [1.54, 1.807) is 0 Å². The maximum atomic E-state index is 9.68. The van der Waals surface area contributed by atoms with Crippen molar-refractivity contribution in [2.24, 2.45) is 11.8 Å². The number of aliphatic hydroxyl groups excluding tert-OH is 1. The van der Waals surface area contributed by atoms with Crippen LogP contribution in [0.25, 0.3) is 0 Å². The highest BCUT2D eigenvalue weighted by Gasteiger charge is 2.24. The summed E-state index contributed by atoms with van der Waals surface area (Å²) < 4.78 is 0. The molecular formula is C13H27NO. The van der Waals surface area contributed by atoms with E-state index in [0.29, 0.717) is 5.92 Å². The van der Waals surface area contributed by atoms with Gasteiger partial charge in [-0.2, -0.15) is 0 Å². The summed E-state index contributed by atoms with van der Waals surface area (Å²) in [6.07, 6.45) is 6.15. The second-order valence-corrected chi connectivity index (χ2v) is 5.26. The lowest BCUT2D eigenvalue weighted by Gasteiger charge is -2.21. The molecule has 3 atom stereocenters. The first-order chi connectivity index (χ1) is 7.15. The van der Waals surface area contributed by atoms with E-state index >= 15 is 0 Å². The fourth-order valence-corrected chi connectivity index (χ4v) is 2.54. The maximum Gasteiger partial charge on any atom is 0.0575 e. The van der Waals surface area contributed by atoms with E-state index in [2.05, 4.69) is 26.1 Å². The molecule has 2 N–H and O–H groups in total. The molecule has 0 spiro atoms. The summed E-state index contributed by atoms with van der Waals surface area (Å²) >= 11 is 0. The molecule has 15 heavy (non-hydrogen) atoms. The third-order valence-corrected chi connectivity index (χ3v) is 3.80. The predicted octanol–water partition coefficient (Wildman–Crippen LogP) is 2.56. The van der Waals surface area contributed by atoms with Crippen LogP contribution in [0.5, 0.6) is 0 Å². The Bertz CT molecular complexity index is 170. The van der Waals surface area contributed by atoms with Crippen LogP contribution in [0.1, 0.15) is 52.9 Å². The van der Waals surface area contributed by atoms with E-state index < -0.39 is 0 Å². The molecule has 0 bridgehead atoms. The van der Waals surface area contributed by atoms with Crippen LogP contribution in [0.15, 0.2) is 0 Å². The Hall–Kier alpha value is -0.0800. The Morgan fingerprint density at radius 3 is 2.67 bits per heavy atom. The van der Waals surface area contributed by atoms with Gasteiger partial charge in [-0.05, 0) is 37.6 Å². The quantitative estimate of drug-likeness (QED) is 0.711. The van der Waals surface area contributed by atoms with Crippen molar-refractivity contribution in [3.05, 3.63) is 0 Å². The highest BCUT2D eigenvalue weighted by molar-refractivity contribution is 4.82. The highest BCUT2D eigenvalue weighted by atomic mass is 16.3. The molecule has 1 rings (SSSR count). The Morgan fingerprint density at radius 2 is 2.07 bits per heavy atom. The fraction of sp³-hybridized carbons (Fsp3) is 1.00. The summed E-state index contributed by atoms with van der Waals surface area (Å²) in [7, 11) is 0. The van der Waals surface area contributed by atoms with Crippen LogP contribution < -0.4 is 5.32 Å². The minimum atomic E-state index is -0.140. The molecule has 0 heterocycles. The molecule has 1 aliphatic carbocycles. The van der Waals surface area contributed by atoms with Crippen LogP contribution in [0.4, 0.5) is 0 Å². The van der Waals surface area contributed by atoms with E-state index in [0.717, 1.165) is 24.9 Å². The molecule has 0 aromatic rings.